The number of fused-ring (bicyclic) bond motifs is 1. The topological polar surface area (TPSA) is 58.6 Å². The van der Waals surface area contributed by atoms with E-state index in [9.17, 15) is 9.59 Å². The summed E-state index contributed by atoms with van der Waals surface area (Å²) in [6.07, 6.45) is 6.67. The molecule has 2 atom stereocenters. The van der Waals surface area contributed by atoms with Crippen LogP contribution in [0.4, 0.5) is 4.79 Å². The van der Waals surface area contributed by atoms with Gasteiger partial charge in [-0.15, -0.1) is 0 Å². The van der Waals surface area contributed by atoms with Gasteiger partial charge in [0, 0.05) is 12.6 Å². The second kappa shape index (κ2) is 6.67. The van der Waals surface area contributed by atoms with Gasteiger partial charge in [0.25, 0.3) is 0 Å². The van der Waals surface area contributed by atoms with Crippen LogP contribution in [0.2, 0.25) is 0 Å². The molecular weight excluding hydrogens is 268 g/mol. The largest absolute Gasteiger partial charge is 0.444 e. The number of hydrogen-bond donors (Lipinski definition) is 1. The van der Waals surface area contributed by atoms with Gasteiger partial charge < -0.3 is 15.0 Å². The van der Waals surface area contributed by atoms with Crippen LogP contribution in [0.15, 0.2) is 0 Å². The molecule has 0 radical (unpaired) electrons. The lowest BCUT2D eigenvalue weighted by Gasteiger charge is -2.44. The highest BCUT2D eigenvalue weighted by molar-refractivity contribution is 5.82. The van der Waals surface area contributed by atoms with Crippen molar-refractivity contribution in [3.63, 3.8) is 0 Å². The number of hydrogen-bond acceptors (Lipinski definition) is 3. The van der Waals surface area contributed by atoms with Gasteiger partial charge >= 0.3 is 6.09 Å². The fourth-order valence-electron chi connectivity index (χ4n) is 3.50. The molecule has 2 fully saturated rings. The maximum absolute atomic E-state index is 12.4. The molecule has 2 amide bonds. The van der Waals surface area contributed by atoms with Crippen LogP contribution in [0.5, 0.6) is 0 Å². The molecule has 0 aromatic rings. The van der Waals surface area contributed by atoms with E-state index in [4.69, 9.17) is 4.74 Å². The molecule has 0 spiro atoms. The van der Waals surface area contributed by atoms with Crippen LogP contribution in [0, 0.1) is 5.92 Å². The summed E-state index contributed by atoms with van der Waals surface area (Å²) in [6, 6.07) is 0.389. The number of rotatable bonds is 2. The standard InChI is InChI=1S/C16H28N2O3/c1-16(2,3)21-15(20)17-11-14(19)18-10-6-8-12-7-4-5-9-13(12)18/h12-13H,4-11H2,1-3H3,(H,17,20)/t12?,13-/m0/s1. The fourth-order valence-corrected chi connectivity index (χ4v) is 3.50. The number of likely N-dealkylation sites (tertiary alicyclic amines) is 1. The van der Waals surface area contributed by atoms with Crippen molar-refractivity contribution in [2.75, 3.05) is 13.1 Å². The summed E-state index contributed by atoms with van der Waals surface area (Å²) in [7, 11) is 0. The van der Waals surface area contributed by atoms with Crippen LogP contribution >= 0.6 is 0 Å². The van der Waals surface area contributed by atoms with Crippen molar-refractivity contribution in [3.8, 4) is 0 Å². The second-order valence-corrected chi connectivity index (χ2v) is 7.20. The van der Waals surface area contributed by atoms with Gasteiger partial charge in [-0.2, -0.15) is 0 Å². The molecule has 21 heavy (non-hydrogen) atoms. The maximum Gasteiger partial charge on any atom is 0.408 e. The molecule has 2 aliphatic rings. The Kier molecular flexibility index (Phi) is 5.12. The van der Waals surface area contributed by atoms with Gasteiger partial charge in [-0.25, -0.2) is 4.79 Å². The summed E-state index contributed by atoms with van der Waals surface area (Å²) >= 11 is 0. The highest BCUT2D eigenvalue weighted by Gasteiger charge is 2.35. The van der Waals surface area contributed by atoms with E-state index < -0.39 is 11.7 Å². The molecule has 1 N–H and O–H groups in total. The summed E-state index contributed by atoms with van der Waals surface area (Å²) in [5.74, 6) is 0.690. The van der Waals surface area contributed by atoms with Gasteiger partial charge in [0.2, 0.25) is 5.91 Å². The molecule has 0 bridgehead atoms. The molecule has 1 saturated carbocycles. The Morgan fingerprint density at radius 2 is 1.81 bits per heavy atom. The number of amides is 2. The van der Waals surface area contributed by atoms with Crippen molar-refractivity contribution >= 4 is 12.0 Å². The number of carbonyl (C=O) groups excluding carboxylic acids is 2. The van der Waals surface area contributed by atoms with Gasteiger partial charge in [0.15, 0.2) is 0 Å². The molecule has 5 nitrogen and oxygen atoms in total. The van der Waals surface area contributed by atoms with Gasteiger partial charge in [0.05, 0.1) is 0 Å². The molecule has 1 heterocycles. The first-order valence-corrected chi connectivity index (χ1v) is 8.13. The predicted molar refractivity (Wildman–Crippen MR) is 80.9 cm³/mol. The Morgan fingerprint density at radius 1 is 1.14 bits per heavy atom. The average molecular weight is 296 g/mol. The predicted octanol–water partition coefficient (Wildman–Crippen LogP) is 2.69. The van der Waals surface area contributed by atoms with E-state index in [1.807, 2.05) is 25.7 Å². The minimum Gasteiger partial charge on any atom is -0.444 e. The fraction of sp³-hybridized carbons (Fsp3) is 0.875. The Bertz CT molecular complexity index is 387. The van der Waals surface area contributed by atoms with E-state index in [0.717, 1.165) is 19.4 Å². The second-order valence-electron chi connectivity index (χ2n) is 7.20. The number of carbonyl (C=O) groups is 2. The normalized spacial score (nSPS) is 26.0. The zero-order chi connectivity index (χ0) is 15.5. The van der Waals surface area contributed by atoms with Crippen molar-refractivity contribution in [1.82, 2.24) is 10.2 Å². The van der Waals surface area contributed by atoms with Gasteiger partial charge in [-0.1, -0.05) is 12.8 Å². The third kappa shape index (κ3) is 4.61. The van der Waals surface area contributed by atoms with Crippen LogP contribution in [-0.4, -0.2) is 41.6 Å². The summed E-state index contributed by atoms with van der Waals surface area (Å²) in [5.41, 5.74) is -0.535. The van der Waals surface area contributed by atoms with Crippen molar-refractivity contribution in [2.24, 2.45) is 5.92 Å². The van der Waals surface area contributed by atoms with Gasteiger partial charge in [-0.05, 0) is 52.4 Å². The first-order valence-electron chi connectivity index (χ1n) is 8.13. The number of ether oxygens (including phenoxy) is 1. The average Bonchev–Trinajstić information content (AvgIpc) is 2.42. The minimum absolute atomic E-state index is 0.0254. The molecule has 1 aliphatic carbocycles. The van der Waals surface area contributed by atoms with Crippen molar-refractivity contribution < 1.29 is 14.3 Å². The lowest BCUT2D eigenvalue weighted by atomic mass is 9.78. The van der Waals surface area contributed by atoms with Crippen molar-refractivity contribution in [1.29, 1.82) is 0 Å². The Hall–Kier alpha value is -1.26. The summed E-state index contributed by atoms with van der Waals surface area (Å²) in [5, 5.41) is 2.58. The number of piperidine rings is 1. The van der Waals surface area contributed by atoms with E-state index in [0.29, 0.717) is 12.0 Å². The summed E-state index contributed by atoms with van der Waals surface area (Å²) < 4.78 is 5.16. The number of nitrogens with one attached hydrogen (secondary N) is 1. The smallest absolute Gasteiger partial charge is 0.408 e. The van der Waals surface area contributed by atoms with Crippen LogP contribution in [0.1, 0.15) is 59.3 Å². The quantitative estimate of drug-likeness (QED) is 0.852. The zero-order valence-corrected chi connectivity index (χ0v) is 13.5. The van der Waals surface area contributed by atoms with Crippen molar-refractivity contribution in [3.05, 3.63) is 0 Å². The Morgan fingerprint density at radius 3 is 2.52 bits per heavy atom. The zero-order valence-electron chi connectivity index (χ0n) is 13.5. The van der Waals surface area contributed by atoms with E-state index >= 15 is 0 Å². The Labute approximate surface area is 127 Å². The summed E-state index contributed by atoms with van der Waals surface area (Å²) in [4.78, 5) is 26.0. The van der Waals surface area contributed by atoms with Gasteiger partial charge in [0.1, 0.15) is 12.1 Å². The SMILES string of the molecule is CC(C)(C)OC(=O)NCC(=O)N1CCCC2CCCC[C@@H]21. The molecule has 0 aromatic heterocycles. The molecule has 2 rings (SSSR count). The van der Waals surface area contributed by atoms with E-state index in [1.54, 1.807) is 0 Å². The molecular formula is C16H28N2O3. The monoisotopic (exact) mass is 296 g/mol. The van der Waals surface area contributed by atoms with E-state index in [2.05, 4.69) is 5.32 Å². The van der Waals surface area contributed by atoms with Crippen LogP contribution < -0.4 is 5.32 Å². The van der Waals surface area contributed by atoms with Crippen LogP contribution in [0.3, 0.4) is 0 Å². The van der Waals surface area contributed by atoms with E-state index in [-0.39, 0.29) is 12.5 Å². The maximum atomic E-state index is 12.4. The lowest BCUT2D eigenvalue weighted by Crippen LogP contribution is -2.52. The molecule has 1 unspecified atom stereocenters. The van der Waals surface area contributed by atoms with E-state index in [1.165, 1.54) is 25.7 Å². The minimum atomic E-state index is -0.535. The number of nitrogens with zero attached hydrogens (tertiary/aromatic N) is 1. The molecule has 1 aliphatic heterocycles. The molecule has 120 valence electrons. The lowest BCUT2D eigenvalue weighted by molar-refractivity contribution is -0.136. The third-order valence-electron chi connectivity index (χ3n) is 4.35. The highest BCUT2D eigenvalue weighted by Crippen LogP contribution is 2.35. The van der Waals surface area contributed by atoms with Crippen LogP contribution in [-0.2, 0) is 9.53 Å². The molecule has 0 aromatic carbocycles. The molecule has 5 heteroatoms. The Balaban J connectivity index is 1.83. The highest BCUT2D eigenvalue weighted by atomic mass is 16.6. The first-order chi connectivity index (χ1) is 9.87. The van der Waals surface area contributed by atoms with Crippen molar-refractivity contribution in [2.45, 2.75) is 70.9 Å². The van der Waals surface area contributed by atoms with Gasteiger partial charge in [-0.3, -0.25) is 4.79 Å². The van der Waals surface area contributed by atoms with Crippen LogP contribution in [0.25, 0.3) is 0 Å². The first kappa shape index (κ1) is 16.1. The molecule has 1 saturated heterocycles. The summed E-state index contributed by atoms with van der Waals surface area (Å²) in [6.45, 7) is 6.30. The third-order valence-corrected chi connectivity index (χ3v) is 4.35. The number of alkyl carbamates (subject to hydrolysis) is 1.